The number of hydrogen-bond donors (Lipinski definition) is 0. The largest absolute Gasteiger partial charge is 0.399 e. The second-order valence-corrected chi connectivity index (χ2v) is 6.78. The molecule has 0 saturated heterocycles. The van der Waals surface area contributed by atoms with Gasteiger partial charge in [0, 0.05) is 10.0 Å². The summed E-state index contributed by atoms with van der Waals surface area (Å²) in [6.45, 7) is 1.77. The van der Waals surface area contributed by atoms with Gasteiger partial charge in [-0.15, -0.1) is 0 Å². The lowest BCUT2D eigenvalue weighted by molar-refractivity contribution is -0.139. The van der Waals surface area contributed by atoms with Crippen LogP contribution in [0.5, 0.6) is 0 Å². The van der Waals surface area contributed by atoms with Crippen molar-refractivity contribution in [1.29, 1.82) is 0 Å². The molecule has 1 unspecified atom stereocenters. The molecule has 0 bridgehead atoms. The van der Waals surface area contributed by atoms with Gasteiger partial charge in [0.05, 0.1) is 11.6 Å². The Labute approximate surface area is 164 Å². The van der Waals surface area contributed by atoms with Crippen LogP contribution in [-0.2, 0) is 0 Å². The molecule has 1 atom stereocenters. The van der Waals surface area contributed by atoms with Crippen molar-refractivity contribution in [2.75, 3.05) is 0 Å². The lowest BCUT2D eigenvalue weighted by Gasteiger charge is -2.18. The summed E-state index contributed by atoms with van der Waals surface area (Å²) in [7, 11) is 0. The zero-order valence-electron chi connectivity index (χ0n) is 14.1. The average molecular weight is 412 g/mol. The Morgan fingerprint density at radius 2 is 1.67 bits per heavy atom. The number of aryl methyl sites for hydroxylation is 1. The summed E-state index contributed by atoms with van der Waals surface area (Å²) in [4.78, 5) is 4.04. The number of nitrogens with zero attached hydrogens (tertiary/aromatic N) is 3. The van der Waals surface area contributed by atoms with Gasteiger partial charge in [-0.1, -0.05) is 47.5 Å². The molecule has 0 fully saturated rings. The van der Waals surface area contributed by atoms with Crippen molar-refractivity contribution in [3.8, 4) is 5.69 Å². The Morgan fingerprint density at radius 1 is 1.04 bits per heavy atom. The van der Waals surface area contributed by atoms with Crippen LogP contribution < -0.4 is 0 Å². The van der Waals surface area contributed by atoms with Gasteiger partial charge in [-0.3, -0.25) is 0 Å². The Morgan fingerprint density at radius 3 is 2.19 bits per heavy atom. The monoisotopic (exact) mass is 411 g/mol. The number of benzene rings is 2. The Bertz CT molecular complexity index is 943. The summed E-state index contributed by atoms with van der Waals surface area (Å²) in [6, 6.07) is 10.9. The molecule has 0 amide bonds. The van der Waals surface area contributed by atoms with E-state index in [1.807, 2.05) is 0 Å². The summed E-state index contributed by atoms with van der Waals surface area (Å²) in [6.07, 6.45) is -0.384. The van der Waals surface area contributed by atoms with Crippen molar-refractivity contribution in [3.63, 3.8) is 0 Å². The first-order chi connectivity index (χ1) is 12.7. The first-order valence-corrected chi connectivity index (χ1v) is 8.67. The molecule has 140 valence electrons. The van der Waals surface area contributed by atoms with E-state index < -0.39 is 12.1 Å². The highest BCUT2D eigenvalue weighted by Gasteiger charge is 2.39. The second kappa shape index (κ2) is 7.74. The van der Waals surface area contributed by atoms with Gasteiger partial charge >= 0.3 is 6.18 Å². The molecule has 2 aromatic carbocycles. The number of rotatable bonds is 4. The molecule has 0 saturated carbocycles. The summed E-state index contributed by atoms with van der Waals surface area (Å²) >= 11 is 11.7. The zero-order chi connectivity index (χ0) is 19.6. The van der Waals surface area contributed by atoms with E-state index in [0.717, 1.165) is 11.8 Å². The minimum atomic E-state index is -4.47. The SMILES string of the molecule is Cc1ncn(-c2ccc(C=CC(c3cc(Cl)cc(Cl)c3)C(F)(F)F)cc2)n1. The van der Waals surface area contributed by atoms with Crippen molar-refractivity contribution >= 4 is 29.3 Å². The predicted octanol–water partition coefficient (Wildman–Crippen LogP) is 6.24. The van der Waals surface area contributed by atoms with E-state index in [1.54, 1.807) is 42.2 Å². The summed E-state index contributed by atoms with van der Waals surface area (Å²) in [5, 5.41) is 4.51. The molecule has 0 aliphatic heterocycles. The van der Waals surface area contributed by atoms with Crippen molar-refractivity contribution in [2.45, 2.75) is 19.0 Å². The maximum absolute atomic E-state index is 13.5. The van der Waals surface area contributed by atoms with Gasteiger partial charge in [-0.25, -0.2) is 9.67 Å². The highest BCUT2D eigenvalue weighted by Crippen LogP contribution is 2.38. The van der Waals surface area contributed by atoms with Crippen molar-refractivity contribution < 1.29 is 13.2 Å². The lowest BCUT2D eigenvalue weighted by Crippen LogP contribution is -2.18. The molecule has 0 spiro atoms. The molecule has 1 aromatic heterocycles. The van der Waals surface area contributed by atoms with Crippen LogP contribution >= 0.6 is 23.2 Å². The van der Waals surface area contributed by atoms with Crippen molar-refractivity contribution in [2.24, 2.45) is 0 Å². The number of hydrogen-bond acceptors (Lipinski definition) is 2. The highest BCUT2D eigenvalue weighted by molar-refractivity contribution is 6.34. The van der Waals surface area contributed by atoms with Gasteiger partial charge in [-0.05, 0) is 48.4 Å². The zero-order valence-corrected chi connectivity index (χ0v) is 15.6. The van der Waals surface area contributed by atoms with Gasteiger partial charge in [0.25, 0.3) is 0 Å². The molecule has 3 rings (SSSR count). The minimum Gasteiger partial charge on any atom is -0.221 e. The van der Waals surface area contributed by atoms with Crippen LogP contribution in [0, 0.1) is 6.92 Å². The first kappa shape index (κ1) is 19.5. The molecule has 27 heavy (non-hydrogen) atoms. The first-order valence-electron chi connectivity index (χ1n) is 7.92. The molecule has 3 nitrogen and oxygen atoms in total. The quantitative estimate of drug-likeness (QED) is 0.508. The fraction of sp³-hybridized carbons (Fsp3) is 0.158. The van der Waals surface area contributed by atoms with E-state index in [1.165, 1.54) is 24.3 Å². The minimum absolute atomic E-state index is 0.00837. The maximum atomic E-state index is 13.5. The van der Waals surface area contributed by atoms with Crippen LogP contribution in [-0.4, -0.2) is 20.9 Å². The number of alkyl halides is 3. The molecule has 3 aromatic rings. The normalized spacial score (nSPS) is 13.3. The van der Waals surface area contributed by atoms with Gasteiger partial charge < -0.3 is 0 Å². The fourth-order valence-electron chi connectivity index (χ4n) is 2.58. The van der Waals surface area contributed by atoms with E-state index >= 15 is 0 Å². The summed E-state index contributed by atoms with van der Waals surface area (Å²) in [5.41, 5.74) is 1.38. The topological polar surface area (TPSA) is 30.7 Å². The third-order valence-corrected chi connectivity index (χ3v) is 4.28. The number of aromatic nitrogens is 3. The third-order valence-electron chi connectivity index (χ3n) is 3.84. The summed E-state index contributed by atoms with van der Waals surface area (Å²) in [5.74, 6) is -1.18. The van der Waals surface area contributed by atoms with Crippen molar-refractivity contribution in [1.82, 2.24) is 14.8 Å². The predicted molar refractivity (Wildman–Crippen MR) is 100 cm³/mol. The van der Waals surface area contributed by atoms with Crippen LogP contribution in [0.2, 0.25) is 10.0 Å². The fourth-order valence-corrected chi connectivity index (χ4v) is 3.12. The van der Waals surface area contributed by atoms with Gasteiger partial charge in [0.15, 0.2) is 0 Å². The highest BCUT2D eigenvalue weighted by atomic mass is 35.5. The number of halogens is 5. The Hall–Kier alpha value is -2.31. The molecule has 0 radical (unpaired) electrons. The molecular weight excluding hydrogens is 398 g/mol. The molecule has 8 heteroatoms. The molecule has 0 aliphatic carbocycles. The standard InChI is InChI=1S/C19H14Cl2F3N3/c1-12-25-11-27(26-12)17-5-2-13(3-6-17)4-7-18(19(22,23)24)14-8-15(20)10-16(21)9-14/h2-11,18H,1H3. The average Bonchev–Trinajstić information content (AvgIpc) is 3.00. The van der Waals surface area contributed by atoms with Gasteiger partial charge in [0.1, 0.15) is 12.2 Å². The number of allylic oxidation sites excluding steroid dienone is 1. The van der Waals surface area contributed by atoms with Gasteiger partial charge in [0.2, 0.25) is 0 Å². The Kier molecular flexibility index (Phi) is 5.58. The van der Waals surface area contributed by atoms with Crippen LogP contribution in [0.4, 0.5) is 13.2 Å². The summed E-state index contributed by atoms with van der Waals surface area (Å²) < 4.78 is 42.1. The van der Waals surface area contributed by atoms with E-state index in [2.05, 4.69) is 10.1 Å². The van der Waals surface area contributed by atoms with E-state index in [0.29, 0.717) is 11.4 Å². The third kappa shape index (κ3) is 4.90. The van der Waals surface area contributed by atoms with Gasteiger partial charge in [-0.2, -0.15) is 18.3 Å². The Balaban J connectivity index is 1.86. The van der Waals surface area contributed by atoms with E-state index in [-0.39, 0.29) is 15.6 Å². The molecular formula is C19H14Cl2F3N3. The molecule has 0 N–H and O–H groups in total. The lowest BCUT2D eigenvalue weighted by atomic mass is 9.97. The van der Waals surface area contributed by atoms with Crippen LogP contribution in [0.1, 0.15) is 22.9 Å². The van der Waals surface area contributed by atoms with Crippen LogP contribution in [0.3, 0.4) is 0 Å². The van der Waals surface area contributed by atoms with Crippen LogP contribution in [0.25, 0.3) is 11.8 Å². The second-order valence-electron chi connectivity index (χ2n) is 5.91. The molecule has 0 aliphatic rings. The van der Waals surface area contributed by atoms with Crippen LogP contribution in [0.15, 0.2) is 54.9 Å². The smallest absolute Gasteiger partial charge is 0.221 e. The van der Waals surface area contributed by atoms with E-state index in [9.17, 15) is 13.2 Å². The molecule has 1 heterocycles. The maximum Gasteiger partial charge on any atom is 0.399 e. The van der Waals surface area contributed by atoms with Crippen molar-refractivity contribution in [3.05, 3.63) is 81.9 Å². The van der Waals surface area contributed by atoms with E-state index in [4.69, 9.17) is 23.2 Å².